The predicted octanol–water partition coefficient (Wildman–Crippen LogP) is 1.61. The average Bonchev–Trinajstić information content (AvgIpc) is 2.75. The molecule has 2 aliphatic rings. The van der Waals surface area contributed by atoms with Gasteiger partial charge in [-0.1, -0.05) is 6.42 Å². The number of likely N-dealkylation sites (tertiary alicyclic amines) is 1. The molecule has 2 rings (SSSR count). The number of rotatable bonds is 5. The summed E-state index contributed by atoms with van der Waals surface area (Å²) in [6.07, 6.45) is 8.10. The summed E-state index contributed by atoms with van der Waals surface area (Å²) in [5, 5.41) is 0. The first kappa shape index (κ1) is 12.3. The van der Waals surface area contributed by atoms with E-state index in [1.54, 1.807) is 7.11 Å². The van der Waals surface area contributed by atoms with Crippen LogP contribution in [0.5, 0.6) is 0 Å². The first-order valence-electron chi connectivity index (χ1n) is 6.80. The van der Waals surface area contributed by atoms with Crippen molar-refractivity contribution < 1.29 is 4.74 Å². The molecular formula is C13H26N2O. The molecule has 1 aliphatic carbocycles. The van der Waals surface area contributed by atoms with E-state index in [0.717, 1.165) is 31.5 Å². The summed E-state index contributed by atoms with van der Waals surface area (Å²) in [5.41, 5.74) is 6.15. The number of ether oxygens (including phenoxy) is 1. The third kappa shape index (κ3) is 2.96. The van der Waals surface area contributed by atoms with Gasteiger partial charge in [0.1, 0.15) is 0 Å². The van der Waals surface area contributed by atoms with Crippen LogP contribution in [0.25, 0.3) is 0 Å². The van der Waals surface area contributed by atoms with E-state index in [2.05, 4.69) is 4.90 Å². The van der Waals surface area contributed by atoms with Crippen molar-refractivity contribution in [3.8, 4) is 0 Å². The number of hydrogen-bond acceptors (Lipinski definition) is 3. The van der Waals surface area contributed by atoms with E-state index in [1.807, 2.05) is 0 Å². The minimum Gasteiger partial charge on any atom is -0.385 e. The lowest BCUT2D eigenvalue weighted by Gasteiger charge is -2.39. The molecule has 3 unspecified atom stereocenters. The normalized spacial score (nSPS) is 32.6. The van der Waals surface area contributed by atoms with Gasteiger partial charge < -0.3 is 10.5 Å². The Hall–Kier alpha value is -0.120. The van der Waals surface area contributed by atoms with Gasteiger partial charge in [-0.2, -0.15) is 0 Å². The quantitative estimate of drug-likeness (QED) is 0.774. The van der Waals surface area contributed by atoms with Gasteiger partial charge >= 0.3 is 0 Å². The molecule has 94 valence electrons. The Morgan fingerprint density at radius 1 is 1.31 bits per heavy atom. The van der Waals surface area contributed by atoms with Crippen molar-refractivity contribution in [3.05, 3.63) is 0 Å². The van der Waals surface area contributed by atoms with Crippen LogP contribution in [0.4, 0.5) is 0 Å². The van der Waals surface area contributed by atoms with Crippen molar-refractivity contribution >= 4 is 0 Å². The fourth-order valence-corrected chi connectivity index (χ4v) is 3.45. The molecule has 1 saturated carbocycles. The third-order valence-corrected chi connectivity index (χ3v) is 4.27. The van der Waals surface area contributed by atoms with E-state index >= 15 is 0 Å². The summed E-state index contributed by atoms with van der Waals surface area (Å²) < 4.78 is 5.09. The Bertz CT molecular complexity index is 210. The summed E-state index contributed by atoms with van der Waals surface area (Å²) in [7, 11) is 1.75. The smallest absolute Gasteiger partial charge is 0.0477 e. The highest BCUT2D eigenvalue weighted by atomic mass is 16.5. The zero-order valence-electron chi connectivity index (χ0n) is 10.5. The molecule has 0 radical (unpaired) electrons. The average molecular weight is 226 g/mol. The zero-order chi connectivity index (χ0) is 11.4. The Morgan fingerprint density at radius 2 is 2.12 bits per heavy atom. The number of methoxy groups -OCH3 is 1. The minimum atomic E-state index is 0.291. The molecule has 0 aromatic heterocycles. The van der Waals surface area contributed by atoms with Crippen molar-refractivity contribution in [2.24, 2.45) is 11.7 Å². The largest absolute Gasteiger partial charge is 0.385 e. The van der Waals surface area contributed by atoms with E-state index in [-0.39, 0.29) is 0 Å². The molecular weight excluding hydrogens is 200 g/mol. The molecule has 1 saturated heterocycles. The number of fused-ring (bicyclic) bond motifs is 1. The Kier molecular flexibility index (Phi) is 4.62. The van der Waals surface area contributed by atoms with Crippen molar-refractivity contribution in [1.82, 2.24) is 4.90 Å². The summed E-state index contributed by atoms with van der Waals surface area (Å²) >= 11 is 0. The lowest BCUT2D eigenvalue weighted by atomic mass is 9.91. The van der Waals surface area contributed by atoms with Gasteiger partial charge in [0.05, 0.1) is 0 Å². The second kappa shape index (κ2) is 5.99. The van der Waals surface area contributed by atoms with E-state index < -0.39 is 0 Å². The topological polar surface area (TPSA) is 38.5 Å². The van der Waals surface area contributed by atoms with Crippen LogP contribution in [-0.2, 0) is 4.74 Å². The van der Waals surface area contributed by atoms with Crippen molar-refractivity contribution in [2.75, 3.05) is 26.8 Å². The van der Waals surface area contributed by atoms with Crippen molar-refractivity contribution in [2.45, 2.75) is 50.6 Å². The highest BCUT2D eigenvalue weighted by Crippen LogP contribution is 2.36. The molecule has 0 bridgehead atoms. The van der Waals surface area contributed by atoms with Crippen LogP contribution in [0.15, 0.2) is 0 Å². The molecule has 3 atom stereocenters. The van der Waals surface area contributed by atoms with Crippen molar-refractivity contribution in [3.63, 3.8) is 0 Å². The maximum atomic E-state index is 6.15. The van der Waals surface area contributed by atoms with Crippen LogP contribution in [0.2, 0.25) is 0 Å². The number of nitrogens with two attached hydrogens (primary N) is 1. The molecule has 2 N–H and O–H groups in total. The standard InChI is InChI=1S/C13H26N2O/c1-16-9-7-12(14)10-15-8-3-5-11-4-2-6-13(11)15/h11-13H,2-10,14H2,1H3. The molecule has 0 aromatic carbocycles. The van der Waals surface area contributed by atoms with Gasteiger partial charge in [0.2, 0.25) is 0 Å². The molecule has 3 nitrogen and oxygen atoms in total. The van der Waals surface area contributed by atoms with Crippen LogP contribution in [0.1, 0.15) is 38.5 Å². The maximum absolute atomic E-state index is 6.15. The highest BCUT2D eigenvalue weighted by molar-refractivity contribution is 4.90. The van der Waals surface area contributed by atoms with Crippen LogP contribution in [0, 0.1) is 5.92 Å². The number of hydrogen-bond donors (Lipinski definition) is 1. The first-order valence-corrected chi connectivity index (χ1v) is 6.80. The molecule has 3 heteroatoms. The fraction of sp³-hybridized carbons (Fsp3) is 1.00. The molecule has 1 aliphatic heterocycles. The molecule has 16 heavy (non-hydrogen) atoms. The van der Waals surface area contributed by atoms with E-state index in [1.165, 1.54) is 38.6 Å². The predicted molar refractivity (Wildman–Crippen MR) is 66.4 cm³/mol. The van der Waals surface area contributed by atoms with Gasteiger partial charge in [-0.15, -0.1) is 0 Å². The Labute approximate surface area is 99.3 Å². The summed E-state index contributed by atoms with van der Waals surface area (Å²) in [6.45, 7) is 3.13. The van der Waals surface area contributed by atoms with Crippen LogP contribution < -0.4 is 5.73 Å². The van der Waals surface area contributed by atoms with Gasteiger partial charge in [0, 0.05) is 32.3 Å². The third-order valence-electron chi connectivity index (χ3n) is 4.27. The van der Waals surface area contributed by atoms with Gasteiger partial charge in [0.25, 0.3) is 0 Å². The summed E-state index contributed by atoms with van der Waals surface area (Å²) in [5.74, 6) is 0.975. The lowest BCUT2D eigenvalue weighted by molar-refractivity contribution is 0.0988. The molecule has 2 fully saturated rings. The highest BCUT2D eigenvalue weighted by Gasteiger charge is 2.35. The summed E-state index contributed by atoms with van der Waals surface area (Å²) in [6, 6.07) is 1.14. The zero-order valence-corrected chi connectivity index (χ0v) is 10.5. The first-order chi connectivity index (χ1) is 7.81. The van der Waals surface area contributed by atoms with E-state index in [9.17, 15) is 0 Å². The van der Waals surface area contributed by atoms with Gasteiger partial charge in [-0.3, -0.25) is 4.90 Å². The second-order valence-corrected chi connectivity index (χ2v) is 5.44. The molecule has 0 amide bonds. The van der Waals surface area contributed by atoms with Gasteiger partial charge in [0.15, 0.2) is 0 Å². The molecule has 0 spiro atoms. The van der Waals surface area contributed by atoms with Gasteiger partial charge in [-0.05, 0) is 44.6 Å². The lowest BCUT2D eigenvalue weighted by Crippen LogP contribution is -2.48. The second-order valence-electron chi connectivity index (χ2n) is 5.44. The Balaban J connectivity index is 1.79. The monoisotopic (exact) mass is 226 g/mol. The maximum Gasteiger partial charge on any atom is 0.0477 e. The molecule has 1 heterocycles. The number of nitrogens with zero attached hydrogens (tertiary/aromatic N) is 1. The minimum absolute atomic E-state index is 0.291. The fourth-order valence-electron chi connectivity index (χ4n) is 3.45. The number of piperidine rings is 1. The van der Waals surface area contributed by atoms with Gasteiger partial charge in [-0.25, -0.2) is 0 Å². The van der Waals surface area contributed by atoms with Crippen LogP contribution >= 0.6 is 0 Å². The van der Waals surface area contributed by atoms with Crippen molar-refractivity contribution in [1.29, 1.82) is 0 Å². The summed E-state index contributed by atoms with van der Waals surface area (Å²) in [4.78, 5) is 2.65. The van der Waals surface area contributed by atoms with Crippen LogP contribution in [0.3, 0.4) is 0 Å². The Morgan fingerprint density at radius 3 is 2.94 bits per heavy atom. The van der Waals surface area contributed by atoms with E-state index in [4.69, 9.17) is 10.5 Å². The van der Waals surface area contributed by atoms with Crippen LogP contribution in [-0.4, -0.2) is 43.8 Å². The molecule has 0 aromatic rings. The SMILES string of the molecule is COCCC(N)CN1CCCC2CCCC21. The van der Waals surface area contributed by atoms with E-state index in [0.29, 0.717) is 6.04 Å².